The van der Waals surface area contributed by atoms with Gasteiger partial charge in [0.05, 0.1) is 13.7 Å². The Balaban J connectivity index is 1.67. The lowest BCUT2D eigenvalue weighted by atomic mass is 10.3. The molecular formula is C18H28N4O3. The monoisotopic (exact) mass is 348 g/mol. The Morgan fingerprint density at radius 3 is 2.68 bits per heavy atom. The molecule has 138 valence electrons. The van der Waals surface area contributed by atoms with Crippen LogP contribution in [0, 0.1) is 0 Å². The van der Waals surface area contributed by atoms with Gasteiger partial charge in [-0.3, -0.25) is 9.79 Å². The van der Waals surface area contributed by atoms with Crippen molar-refractivity contribution in [2.24, 2.45) is 4.99 Å². The quantitative estimate of drug-likeness (QED) is 0.441. The summed E-state index contributed by atoms with van der Waals surface area (Å²) in [6, 6.07) is 7.73. The molecule has 1 saturated heterocycles. The Labute approximate surface area is 149 Å². The Bertz CT molecular complexity index is 574. The number of hydrogen-bond acceptors (Lipinski definition) is 4. The van der Waals surface area contributed by atoms with Crippen LogP contribution in [-0.4, -0.2) is 63.2 Å². The average molecular weight is 348 g/mol. The SMILES string of the molecule is CCC(=O)N1CCC(NC(=NC)NCCOc2ccc(OC)cc2)C1. The van der Waals surface area contributed by atoms with Crippen LogP contribution in [0.1, 0.15) is 19.8 Å². The van der Waals surface area contributed by atoms with Gasteiger partial charge in [-0.05, 0) is 30.7 Å². The Morgan fingerprint density at radius 1 is 1.32 bits per heavy atom. The number of hydrogen-bond donors (Lipinski definition) is 2. The maximum atomic E-state index is 11.7. The van der Waals surface area contributed by atoms with E-state index in [1.54, 1.807) is 14.2 Å². The van der Waals surface area contributed by atoms with Crippen molar-refractivity contribution in [2.75, 3.05) is 40.4 Å². The second-order valence-corrected chi connectivity index (χ2v) is 5.85. The topological polar surface area (TPSA) is 75.2 Å². The molecule has 7 heteroatoms. The zero-order valence-corrected chi connectivity index (χ0v) is 15.2. The Kier molecular flexibility index (Phi) is 7.37. The molecule has 7 nitrogen and oxygen atoms in total. The molecule has 1 aromatic rings. The molecule has 0 saturated carbocycles. The zero-order valence-electron chi connectivity index (χ0n) is 15.2. The molecule has 1 aliphatic heterocycles. The highest BCUT2D eigenvalue weighted by atomic mass is 16.5. The molecule has 25 heavy (non-hydrogen) atoms. The number of likely N-dealkylation sites (tertiary alicyclic amines) is 1. The van der Waals surface area contributed by atoms with Crippen LogP contribution in [0.3, 0.4) is 0 Å². The first-order chi connectivity index (χ1) is 12.2. The molecule has 0 bridgehead atoms. The van der Waals surface area contributed by atoms with Gasteiger partial charge in [0.25, 0.3) is 0 Å². The minimum Gasteiger partial charge on any atom is -0.497 e. The van der Waals surface area contributed by atoms with Crippen molar-refractivity contribution < 1.29 is 14.3 Å². The van der Waals surface area contributed by atoms with Crippen LogP contribution in [0.4, 0.5) is 0 Å². The van der Waals surface area contributed by atoms with E-state index in [2.05, 4.69) is 15.6 Å². The standard InChI is InChI=1S/C18H28N4O3/c1-4-17(23)22-11-9-14(13-22)21-18(19-2)20-10-12-25-16-7-5-15(24-3)6-8-16/h5-8,14H,4,9-13H2,1-3H3,(H2,19,20,21). The summed E-state index contributed by atoms with van der Waals surface area (Å²) in [6.07, 6.45) is 1.50. The van der Waals surface area contributed by atoms with Crippen LogP contribution in [0.5, 0.6) is 11.5 Å². The van der Waals surface area contributed by atoms with Gasteiger partial charge in [0, 0.05) is 32.6 Å². The summed E-state index contributed by atoms with van der Waals surface area (Å²) in [4.78, 5) is 17.9. The summed E-state index contributed by atoms with van der Waals surface area (Å²) in [6.45, 7) is 4.60. The van der Waals surface area contributed by atoms with E-state index in [4.69, 9.17) is 9.47 Å². The smallest absolute Gasteiger partial charge is 0.222 e. The lowest BCUT2D eigenvalue weighted by Crippen LogP contribution is -2.46. The van der Waals surface area contributed by atoms with E-state index in [1.807, 2.05) is 36.1 Å². The van der Waals surface area contributed by atoms with E-state index in [9.17, 15) is 4.79 Å². The molecule has 1 atom stereocenters. The number of aliphatic imine (C=N–C) groups is 1. The Morgan fingerprint density at radius 2 is 2.04 bits per heavy atom. The maximum absolute atomic E-state index is 11.7. The van der Waals surface area contributed by atoms with Crippen molar-refractivity contribution in [3.8, 4) is 11.5 Å². The van der Waals surface area contributed by atoms with Gasteiger partial charge in [-0.25, -0.2) is 0 Å². The Hall–Kier alpha value is -2.44. The molecule has 1 heterocycles. The summed E-state index contributed by atoms with van der Waals surface area (Å²) < 4.78 is 10.8. The van der Waals surface area contributed by atoms with Crippen LogP contribution in [0.25, 0.3) is 0 Å². The summed E-state index contributed by atoms with van der Waals surface area (Å²) in [5.41, 5.74) is 0. The summed E-state index contributed by atoms with van der Waals surface area (Å²) in [7, 11) is 3.38. The van der Waals surface area contributed by atoms with Gasteiger partial charge in [0.15, 0.2) is 5.96 Å². The summed E-state index contributed by atoms with van der Waals surface area (Å²) in [5.74, 6) is 2.55. The molecular weight excluding hydrogens is 320 g/mol. The molecule has 1 fully saturated rings. The van der Waals surface area contributed by atoms with E-state index in [-0.39, 0.29) is 11.9 Å². The largest absolute Gasteiger partial charge is 0.497 e. The van der Waals surface area contributed by atoms with Crippen molar-refractivity contribution in [3.63, 3.8) is 0 Å². The number of guanidine groups is 1. The van der Waals surface area contributed by atoms with Crippen molar-refractivity contribution in [2.45, 2.75) is 25.8 Å². The van der Waals surface area contributed by atoms with E-state index < -0.39 is 0 Å². The number of carbonyl (C=O) groups excluding carboxylic acids is 1. The molecule has 1 aromatic carbocycles. The van der Waals surface area contributed by atoms with E-state index in [0.717, 1.165) is 37.0 Å². The molecule has 0 spiro atoms. The van der Waals surface area contributed by atoms with E-state index >= 15 is 0 Å². The van der Waals surface area contributed by atoms with Gasteiger partial charge < -0.3 is 25.0 Å². The first-order valence-corrected chi connectivity index (χ1v) is 8.68. The lowest BCUT2D eigenvalue weighted by Gasteiger charge is -2.18. The number of nitrogens with zero attached hydrogens (tertiary/aromatic N) is 2. The second-order valence-electron chi connectivity index (χ2n) is 5.85. The summed E-state index contributed by atoms with van der Waals surface area (Å²) >= 11 is 0. The number of amides is 1. The minimum atomic E-state index is 0.208. The fourth-order valence-corrected chi connectivity index (χ4v) is 2.73. The molecule has 0 aromatic heterocycles. The van der Waals surface area contributed by atoms with Crippen LogP contribution >= 0.6 is 0 Å². The van der Waals surface area contributed by atoms with Crippen molar-refractivity contribution in [3.05, 3.63) is 24.3 Å². The number of benzene rings is 1. The average Bonchev–Trinajstić information content (AvgIpc) is 3.12. The van der Waals surface area contributed by atoms with Crippen LogP contribution in [-0.2, 0) is 4.79 Å². The van der Waals surface area contributed by atoms with Gasteiger partial charge in [-0.2, -0.15) is 0 Å². The van der Waals surface area contributed by atoms with Crippen LogP contribution < -0.4 is 20.1 Å². The fraction of sp³-hybridized carbons (Fsp3) is 0.556. The van der Waals surface area contributed by atoms with Gasteiger partial charge in [-0.15, -0.1) is 0 Å². The maximum Gasteiger partial charge on any atom is 0.222 e. The van der Waals surface area contributed by atoms with Gasteiger partial charge in [-0.1, -0.05) is 6.92 Å². The third-order valence-corrected chi connectivity index (χ3v) is 4.13. The van der Waals surface area contributed by atoms with Crippen molar-refractivity contribution in [1.82, 2.24) is 15.5 Å². The molecule has 2 rings (SSSR count). The minimum absolute atomic E-state index is 0.208. The molecule has 2 N–H and O–H groups in total. The van der Waals surface area contributed by atoms with Gasteiger partial charge in [0.2, 0.25) is 5.91 Å². The van der Waals surface area contributed by atoms with Crippen molar-refractivity contribution >= 4 is 11.9 Å². The predicted molar refractivity (Wildman–Crippen MR) is 98.3 cm³/mol. The predicted octanol–water partition coefficient (Wildman–Crippen LogP) is 1.25. The number of ether oxygens (including phenoxy) is 2. The number of rotatable bonds is 7. The van der Waals surface area contributed by atoms with Gasteiger partial charge in [0.1, 0.15) is 18.1 Å². The highest BCUT2D eigenvalue weighted by molar-refractivity contribution is 5.80. The first-order valence-electron chi connectivity index (χ1n) is 8.68. The molecule has 0 aliphatic carbocycles. The van der Waals surface area contributed by atoms with Crippen LogP contribution in [0.15, 0.2) is 29.3 Å². The molecule has 1 amide bonds. The highest BCUT2D eigenvalue weighted by Crippen LogP contribution is 2.16. The van der Waals surface area contributed by atoms with Crippen LogP contribution in [0.2, 0.25) is 0 Å². The third kappa shape index (κ3) is 5.85. The van der Waals surface area contributed by atoms with E-state index in [1.165, 1.54) is 0 Å². The van der Waals surface area contributed by atoms with E-state index in [0.29, 0.717) is 19.6 Å². The second kappa shape index (κ2) is 9.76. The third-order valence-electron chi connectivity index (χ3n) is 4.13. The molecule has 1 unspecified atom stereocenters. The lowest BCUT2D eigenvalue weighted by molar-refractivity contribution is -0.129. The van der Waals surface area contributed by atoms with Gasteiger partial charge >= 0.3 is 0 Å². The zero-order chi connectivity index (χ0) is 18.1. The first kappa shape index (κ1) is 18.9. The summed E-state index contributed by atoms with van der Waals surface area (Å²) in [5, 5.41) is 6.59. The molecule has 0 radical (unpaired) electrons. The number of methoxy groups -OCH3 is 1. The van der Waals surface area contributed by atoms with Crippen molar-refractivity contribution in [1.29, 1.82) is 0 Å². The number of nitrogens with one attached hydrogen (secondary N) is 2. The molecule has 1 aliphatic rings. The highest BCUT2D eigenvalue weighted by Gasteiger charge is 2.25. The normalized spacial score (nSPS) is 17.3. The number of carbonyl (C=O) groups is 1. The fourth-order valence-electron chi connectivity index (χ4n) is 2.73.